The van der Waals surface area contributed by atoms with E-state index in [2.05, 4.69) is 11.8 Å². The summed E-state index contributed by atoms with van der Waals surface area (Å²) in [6.07, 6.45) is 0. The van der Waals surface area contributed by atoms with Crippen LogP contribution in [0.4, 0.5) is 0 Å². The molecule has 0 aliphatic heterocycles. The van der Waals surface area contributed by atoms with Gasteiger partial charge in [0.2, 0.25) is 0 Å². The lowest BCUT2D eigenvalue weighted by molar-refractivity contribution is 0.350. The second-order valence-electron chi connectivity index (χ2n) is 2.46. The number of benzene rings is 1. The Bertz CT molecular complexity index is 331. The van der Waals surface area contributed by atoms with E-state index < -0.39 is 0 Å². The Kier molecular flexibility index (Phi) is 2.73. The molecule has 0 atom stereocenters. The Morgan fingerprint density at radius 2 is 2.17 bits per heavy atom. The average molecular weight is 162 g/mol. The number of aryl methyl sites for hydroxylation is 1. The molecule has 2 heteroatoms. The molecule has 0 saturated carbocycles. The van der Waals surface area contributed by atoms with Crippen LogP contribution in [0.3, 0.4) is 0 Å². The van der Waals surface area contributed by atoms with Crippen molar-refractivity contribution >= 4 is 0 Å². The summed E-state index contributed by atoms with van der Waals surface area (Å²) in [5.74, 6) is 5.44. The fraction of sp³-hybridized carbons (Fsp3) is 0.200. The van der Waals surface area contributed by atoms with Gasteiger partial charge in [0.25, 0.3) is 0 Å². The van der Waals surface area contributed by atoms with Gasteiger partial charge in [-0.15, -0.1) is 0 Å². The van der Waals surface area contributed by atoms with Gasteiger partial charge in [-0.1, -0.05) is 17.9 Å². The highest BCUT2D eigenvalue weighted by molar-refractivity contribution is 5.43. The van der Waals surface area contributed by atoms with Crippen molar-refractivity contribution in [3.05, 3.63) is 29.3 Å². The molecule has 0 aliphatic rings. The Hall–Kier alpha value is -1.46. The van der Waals surface area contributed by atoms with Crippen LogP contribution in [-0.2, 0) is 0 Å². The van der Waals surface area contributed by atoms with Gasteiger partial charge in [-0.05, 0) is 24.6 Å². The van der Waals surface area contributed by atoms with Gasteiger partial charge in [0.15, 0.2) is 0 Å². The first-order valence-corrected chi connectivity index (χ1v) is 3.63. The monoisotopic (exact) mass is 162 g/mol. The number of hydrogen-bond acceptors (Lipinski definition) is 2. The number of aliphatic hydroxyl groups is 1. The van der Waals surface area contributed by atoms with Gasteiger partial charge >= 0.3 is 0 Å². The maximum Gasteiger partial charge on any atom is 0.119 e. The molecule has 1 aromatic rings. The first-order chi connectivity index (χ1) is 5.74. The van der Waals surface area contributed by atoms with Crippen molar-refractivity contribution in [3.8, 4) is 17.6 Å². The van der Waals surface area contributed by atoms with Crippen molar-refractivity contribution < 1.29 is 10.2 Å². The quantitative estimate of drug-likeness (QED) is 0.560. The molecule has 0 unspecified atom stereocenters. The standard InChI is InChI=1S/C10H10O2/c1-8-4-5-9(3-2-6-11)7-10(8)12/h4-5,7,11-12H,6H2,1H3. The van der Waals surface area contributed by atoms with Crippen LogP contribution in [0.25, 0.3) is 0 Å². The lowest BCUT2D eigenvalue weighted by Gasteiger charge is -1.97. The number of phenolic OH excluding ortho intramolecular Hbond substituents is 1. The summed E-state index contributed by atoms with van der Waals surface area (Å²) in [6, 6.07) is 5.17. The summed E-state index contributed by atoms with van der Waals surface area (Å²) >= 11 is 0. The maximum absolute atomic E-state index is 9.27. The minimum Gasteiger partial charge on any atom is -0.508 e. The van der Waals surface area contributed by atoms with Crippen molar-refractivity contribution in [2.75, 3.05) is 6.61 Å². The zero-order valence-electron chi connectivity index (χ0n) is 6.83. The number of aromatic hydroxyl groups is 1. The average Bonchev–Trinajstić information content (AvgIpc) is 2.07. The summed E-state index contributed by atoms with van der Waals surface area (Å²) in [7, 11) is 0. The molecule has 0 heterocycles. The molecule has 12 heavy (non-hydrogen) atoms. The Balaban J connectivity index is 2.97. The molecule has 1 aromatic carbocycles. The zero-order chi connectivity index (χ0) is 8.97. The summed E-state index contributed by atoms with van der Waals surface area (Å²) in [4.78, 5) is 0. The number of rotatable bonds is 0. The molecular weight excluding hydrogens is 152 g/mol. The third-order valence-corrected chi connectivity index (χ3v) is 1.52. The molecule has 0 spiro atoms. The van der Waals surface area contributed by atoms with Gasteiger partial charge in [0, 0.05) is 5.56 Å². The third kappa shape index (κ3) is 2.01. The highest BCUT2D eigenvalue weighted by Gasteiger charge is 1.94. The van der Waals surface area contributed by atoms with Gasteiger partial charge in [-0.25, -0.2) is 0 Å². The van der Waals surface area contributed by atoms with Crippen LogP contribution in [-0.4, -0.2) is 16.8 Å². The molecular formula is C10H10O2. The zero-order valence-corrected chi connectivity index (χ0v) is 6.83. The SMILES string of the molecule is Cc1ccc(C#CCO)cc1O. The second-order valence-corrected chi connectivity index (χ2v) is 2.46. The van der Waals surface area contributed by atoms with E-state index in [0.717, 1.165) is 5.56 Å². The molecule has 2 nitrogen and oxygen atoms in total. The molecule has 0 saturated heterocycles. The van der Waals surface area contributed by atoms with E-state index in [1.54, 1.807) is 18.2 Å². The van der Waals surface area contributed by atoms with Gasteiger partial charge < -0.3 is 10.2 Å². The number of aliphatic hydroxyl groups excluding tert-OH is 1. The van der Waals surface area contributed by atoms with Crippen LogP contribution in [0.2, 0.25) is 0 Å². The minimum atomic E-state index is -0.158. The van der Waals surface area contributed by atoms with Crippen LogP contribution < -0.4 is 0 Å². The van der Waals surface area contributed by atoms with E-state index in [1.165, 1.54) is 0 Å². The molecule has 0 aromatic heterocycles. The lowest BCUT2D eigenvalue weighted by atomic mass is 10.1. The molecule has 2 N–H and O–H groups in total. The number of phenols is 1. The molecule has 0 bridgehead atoms. The molecule has 0 amide bonds. The summed E-state index contributed by atoms with van der Waals surface area (Å²) in [5, 5.41) is 17.7. The van der Waals surface area contributed by atoms with E-state index in [9.17, 15) is 5.11 Å². The van der Waals surface area contributed by atoms with Crippen molar-refractivity contribution in [1.82, 2.24) is 0 Å². The van der Waals surface area contributed by atoms with E-state index in [4.69, 9.17) is 5.11 Å². The number of hydrogen-bond donors (Lipinski definition) is 2. The van der Waals surface area contributed by atoms with E-state index >= 15 is 0 Å². The smallest absolute Gasteiger partial charge is 0.119 e. The Morgan fingerprint density at radius 3 is 2.75 bits per heavy atom. The Labute approximate surface area is 71.5 Å². The van der Waals surface area contributed by atoms with Gasteiger partial charge in [0.1, 0.15) is 12.4 Å². The molecule has 0 aliphatic carbocycles. The lowest BCUT2D eigenvalue weighted by Crippen LogP contribution is -1.79. The first kappa shape index (κ1) is 8.63. The third-order valence-electron chi connectivity index (χ3n) is 1.52. The fourth-order valence-corrected chi connectivity index (χ4v) is 0.829. The summed E-state index contributed by atoms with van der Waals surface area (Å²) in [6.45, 7) is 1.66. The van der Waals surface area contributed by atoms with E-state index in [0.29, 0.717) is 5.56 Å². The van der Waals surface area contributed by atoms with Crippen LogP contribution in [0.5, 0.6) is 5.75 Å². The van der Waals surface area contributed by atoms with Crippen LogP contribution in [0, 0.1) is 18.8 Å². The predicted molar refractivity (Wildman–Crippen MR) is 46.8 cm³/mol. The van der Waals surface area contributed by atoms with Crippen molar-refractivity contribution in [3.63, 3.8) is 0 Å². The maximum atomic E-state index is 9.27. The molecule has 0 radical (unpaired) electrons. The van der Waals surface area contributed by atoms with Crippen molar-refractivity contribution in [2.24, 2.45) is 0 Å². The minimum absolute atomic E-state index is 0.158. The Morgan fingerprint density at radius 1 is 1.42 bits per heavy atom. The summed E-state index contributed by atoms with van der Waals surface area (Å²) in [5.41, 5.74) is 1.54. The van der Waals surface area contributed by atoms with Gasteiger partial charge in [0.05, 0.1) is 0 Å². The first-order valence-electron chi connectivity index (χ1n) is 3.63. The van der Waals surface area contributed by atoms with Gasteiger partial charge in [-0.2, -0.15) is 0 Å². The summed E-state index contributed by atoms with van der Waals surface area (Å²) < 4.78 is 0. The van der Waals surface area contributed by atoms with E-state index in [1.807, 2.05) is 6.92 Å². The largest absolute Gasteiger partial charge is 0.508 e. The second kappa shape index (κ2) is 3.80. The molecule has 0 fully saturated rings. The highest BCUT2D eigenvalue weighted by atomic mass is 16.3. The normalized spacial score (nSPS) is 8.83. The van der Waals surface area contributed by atoms with Gasteiger partial charge in [-0.3, -0.25) is 0 Å². The van der Waals surface area contributed by atoms with E-state index in [-0.39, 0.29) is 12.4 Å². The van der Waals surface area contributed by atoms with Crippen molar-refractivity contribution in [2.45, 2.75) is 6.92 Å². The highest BCUT2D eigenvalue weighted by Crippen LogP contribution is 2.16. The fourth-order valence-electron chi connectivity index (χ4n) is 0.829. The van der Waals surface area contributed by atoms with Crippen LogP contribution >= 0.6 is 0 Å². The molecule has 62 valence electrons. The molecule has 1 rings (SSSR count). The van der Waals surface area contributed by atoms with Crippen LogP contribution in [0.15, 0.2) is 18.2 Å². The predicted octanol–water partition coefficient (Wildman–Crippen LogP) is 1.04. The van der Waals surface area contributed by atoms with Crippen molar-refractivity contribution in [1.29, 1.82) is 0 Å². The topological polar surface area (TPSA) is 40.5 Å². The van der Waals surface area contributed by atoms with Crippen LogP contribution in [0.1, 0.15) is 11.1 Å².